The van der Waals surface area contributed by atoms with Gasteiger partial charge in [-0.1, -0.05) is 20.8 Å². The van der Waals surface area contributed by atoms with Gasteiger partial charge in [0.15, 0.2) is 6.10 Å². The Morgan fingerprint density at radius 3 is 2.25 bits per heavy atom. The molecule has 0 aromatic heterocycles. The lowest BCUT2D eigenvalue weighted by atomic mass is 10.1. The van der Waals surface area contributed by atoms with E-state index in [1.165, 1.54) is 0 Å². The number of carbonyl (C=O) groups excluding carboxylic acids is 2. The number of carboxylic acid groups (broad SMARTS) is 1. The van der Waals surface area contributed by atoms with Gasteiger partial charge in [-0.25, -0.2) is 4.79 Å². The highest BCUT2D eigenvalue weighted by molar-refractivity contribution is 5.81. The second-order valence-corrected chi connectivity index (χ2v) is 5.13. The number of amides is 1. The molecule has 0 spiro atoms. The van der Waals surface area contributed by atoms with E-state index in [1.54, 1.807) is 14.0 Å². The Hall–Kier alpha value is -1.63. The van der Waals surface area contributed by atoms with E-state index < -0.39 is 24.0 Å². The average molecular weight is 288 g/mol. The van der Waals surface area contributed by atoms with Crippen LogP contribution >= 0.6 is 0 Å². The van der Waals surface area contributed by atoms with E-state index in [0.29, 0.717) is 0 Å². The molecule has 0 aliphatic rings. The fourth-order valence-electron chi connectivity index (χ4n) is 1.46. The Bertz CT molecular complexity index is 344. The summed E-state index contributed by atoms with van der Waals surface area (Å²) in [5.74, 6) is -2.50. The van der Waals surface area contributed by atoms with Gasteiger partial charge in [0.25, 0.3) is 0 Å². The fraction of sp³-hybridized carbons (Fsp3) is 0.769. The lowest BCUT2D eigenvalue weighted by molar-refractivity contribution is -0.167. The third-order valence-corrected chi connectivity index (χ3v) is 2.56. The molecule has 0 aliphatic carbocycles. The van der Waals surface area contributed by atoms with E-state index in [2.05, 4.69) is 10.6 Å². The van der Waals surface area contributed by atoms with E-state index >= 15 is 0 Å². The minimum absolute atomic E-state index is 0.106. The van der Waals surface area contributed by atoms with Gasteiger partial charge in [0.05, 0.1) is 12.5 Å². The molecule has 0 saturated carbocycles. The van der Waals surface area contributed by atoms with E-state index in [0.717, 1.165) is 0 Å². The van der Waals surface area contributed by atoms with Crippen LogP contribution in [0.4, 0.5) is 0 Å². The molecule has 3 N–H and O–H groups in total. The van der Waals surface area contributed by atoms with Crippen molar-refractivity contribution in [2.45, 2.75) is 33.3 Å². The molecule has 0 aliphatic heterocycles. The molecule has 0 unspecified atom stereocenters. The Labute approximate surface area is 119 Å². The van der Waals surface area contributed by atoms with Crippen molar-refractivity contribution in [1.29, 1.82) is 0 Å². The fourth-order valence-corrected chi connectivity index (χ4v) is 1.46. The summed E-state index contributed by atoms with van der Waals surface area (Å²) in [6, 6.07) is 0. The monoisotopic (exact) mass is 288 g/mol. The first-order valence-electron chi connectivity index (χ1n) is 6.62. The maximum absolute atomic E-state index is 11.8. The molecular weight excluding hydrogens is 264 g/mol. The number of rotatable bonds is 9. The molecule has 0 aromatic rings. The number of hydrogen-bond donors (Lipinski definition) is 3. The van der Waals surface area contributed by atoms with Crippen molar-refractivity contribution in [3.63, 3.8) is 0 Å². The molecule has 0 radical (unpaired) electrons. The Morgan fingerprint density at radius 1 is 1.20 bits per heavy atom. The summed E-state index contributed by atoms with van der Waals surface area (Å²) in [6.07, 6.45) is -0.877. The van der Waals surface area contributed by atoms with Gasteiger partial charge in [-0.3, -0.25) is 9.59 Å². The highest BCUT2D eigenvalue weighted by Gasteiger charge is 2.26. The summed E-state index contributed by atoms with van der Waals surface area (Å²) < 4.78 is 4.97. The van der Waals surface area contributed by atoms with Crippen LogP contribution < -0.4 is 10.6 Å². The molecule has 0 heterocycles. The molecule has 0 aromatic carbocycles. The maximum Gasteiger partial charge on any atom is 0.345 e. The summed E-state index contributed by atoms with van der Waals surface area (Å²) in [5, 5.41) is 14.2. The van der Waals surface area contributed by atoms with Crippen LogP contribution in [0.3, 0.4) is 0 Å². The highest BCUT2D eigenvalue weighted by atomic mass is 16.6. The van der Waals surface area contributed by atoms with Crippen LogP contribution in [0.1, 0.15) is 27.2 Å². The standard InChI is InChI=1S/C13H24N2O5/c1-8(2)5-10(12(17)18)20-13(19)9(3)6-15-11(16)7-14-4/h8-10,14H,5-7H2,1-4H3,(H,15,16)(H,17,18)/t9-,10+/m1/s1. The zero-order valence-corrected chi connectivity index (χ0v) is 12.4. The molecule has 20 heavy (non-hydrogen) atoms. The summed E-state index contributed by atoms with van der Waals surface area (Å²) in [4.78, 5) is 34.0. The van der Waals surface area contributed by atoms with Crippen LogP contribution in [-0.4, -0.2) is 49.2 Å². The van der Waals surface area contributed by atoms with Gasteiger partial charge < -0.3 is 20.5 Å². The minimum atomic E-state index is -1.15. The number of carboxylic acids is 1. The lowest BCUT2D eigenvalue weighted by Crippen LogP contribution is -2.38. The molecule has 7 nitrogen and oxygen atoms in total. The maximum atomic E-state index is 11.8. The molecule has 0 rings (SSSR count). The Kier molecular flexibility index (Phi) is 8.54. The van der Waals surface area contributed by atoms with Crippen molar-refractivity contribution in [3.8, 4) is 0 Å². The summed E-state index contributed by atoms with van der Waals surface area (Å²) in [6.45, 7) is 5.56. The summed E-state index contributed by atoms with van der Waals surface area (Å²) in [7, 11) is 1.64. The van der Waals surface area contributed by atoms with Gasteiger partial charge >= 0.3 is 11.9 Å². The molecule has 2 atom stereocenters. The number of nitrogens with one attached hydrogen (secondary N) is 2. The predicted octanol–water partition coefficient (Wildman–Crippen LogP) is 0.000600. The Balaban J connectivity index is 4.28. The second kappa shape index (κ2) is 9.30. The number of carbonyl (C=O) groups is 3. The SMILES string of the molecule is CNCC(=O)NC[C@@H](C)C(=O)O[C@@H](CC(C)C)C(=O)O. The van der Waals surface area contributed by atoms with Gasteiger partial charge in [-0.05, 0) is 19.4 Å². The van der Waals surface area contributed by atoms with Gasteiger partial charge in [0, 0.05) is 6.54 Å². The van der Waals surface area contributed by atoms with Crippen molar-refractivity contribution in [2.75, 3.05) is 20.1 Å². The number of aliphatic carboxylic acids is 1. The van der Waals surface area contributed by atoms with Gasteiger partial charge in [0.2, 0.25) is 5.91 Å². The number of likely N-dealkylation sites (N-methyl/N-ethyl adjacent to an activating group) is 1. The molecule has 0 saturated heterocycles. The van der Waals surface area contributed by atoms with Crippen LogP contribution in [0.25, 0.3) is 0 Å². The number of esters is 1. The third-order valence-electron chi connectivity index (χ3n) is 2.56. The van der Waals surface area contributed by atoms with Crippen molar-refractivity contribution in [1.82, 2.24) is 10.6 Å². The summed E-state index contributed by atoms with van der Waals surface area (Å²) >= 11 is 0. The molecule has 7 heteroatoms. The minimum Gasteiger partial charge on any atom is -0.479 e. The molecule has 0 fully saturated rings. The van der Waals surface area contributed by atoms with Crippen LogP contribution in [0.15, 0.2) is 0 Å². The van der Waals surface area contributed by atoms with Gasteiger partial charge in [0.1, 0.15) is 0 Å². The molecule has 116 valence electrons. The second-order valence-electron chi connectivity index (χ2n) is 5.13. The largest absolute Gasteiger partial charge is 0.479 e. The first-order valence-corrected chi connectivity index (χ1v) is 6.62. The molecule has 0 bridgehead atoms. The highest BCUT2D eigenvalue weighted by Crippen LogP contribution is 2.11. The van der Waals surface area contributed by atoms with Crippen LogP contribution in [-0.2, 0) is 19.1 Å². The van der Waals surface area contributed by atoms with Crippen molar-refractivity contribution < 1.29 is 24.2 Å². The smallest absolute Gasteiger partial charge is 0.345 e. The van der Waals surface area contributed by atoms with Crippen molar-refractivity contribution in [3.05, 3.63) is 0 Å². The average Bonchev–Trinajstić information content (AvgIpc) is 2.34. The first kappa shape index (κ1) is 18.4. The molecule has 1 amide bonds. The number of hydrogen-bond acceptors (Lipinski definition) is 5. The molecular formula is C13H24N2O5. The zero-order valence-electron chi connectivity index (χ0n) is 12.4. The van der Waals surface area contributed by atoms with Crippen LogP contribution in [0.5, 0.6) is 0 Å². The van der Waals surface area contributed by atoms with Gasteiger partial charge in [-0.2, -0.15) is 0 Å². The quantitative estimate of drug-likeness (QED) is 0.516. The van der Waals surface area contributed by atoms with E-state index in [9.17, 15) is 14.4 Å². The normalized spacial score (nSPS) is 13.7. The van der Waals surface area contributed by atoms with Crippen molar-refractivity contribution in [2.24, 2.45) is 11.8 Å². The lowest BCUT2D eigenvalue weighted by Gasteiger charge is -2.18. The zero-order chi connectivity index (χ0) is 15.7. The van der Waals surface area contributed by atoms with Crippen molar-refractivity contribution >= 4 is 17.8 Å². The van der Waals surface area contributed by atoms with E-state index in [4.69, 9.17) is 9.84 Å². The first-order chi connectivity index (χ1) is 9.27. The van der Waals surface area contributed by atoms with Crippen LogP contribution in [0, 0.1) is 11.8 Å². The van der Waals surface area contributed by atoms with E-state index in [-0.39, 0.29) is 31.3 Å². The number of ether oxygens (including phenoxy) is 1. The topological polar surface area (TPSA) is 105 Å². The van der Waals surface area contributed by atoms with E-state index in [1.807, 2.05) is 13.8 Å². The van der Waals surface area contributed by atoms with Gasteiger partial charge in [-0.15, -0.1) is 0 Å². The van der Waals surface area contributed by atoms with Crippen LogP contribution in [0.2, 0.25) is 0 Å². The Morgan fingerprint density at radius 2 is 1.80 bits per heavy atom. The third kappa shape index (κ3) is 7.73. The summed E-state index contributed by atoms with van der Waals surface area (Å²) in [5.41, 5.74) is 0. The predicted molar refractivity (Wildman–Crippen MR) is 73.1 cm³/mol.